The predicted molar refractivity (Wildman–Crippen MR) is 83.1 cm³/mol. The Morgan fingerprint density at radius 1 is 1.24 bits per heavy atom. The number of hydrogen-bond acceptors (Lipinski definition) is 4. The molecule has 2 atom stereocenters. The lowest BCUT2D eigenvalue weighted by atomic mass is 10.0. The van der Waals surface area contributed by atoms with Crippen LogP contribution in [0.1, 0.15) is 44.3 Å². The summed E-state index contributed by atoms with van der Waals surface area (Å²) in [6, 6.07) is 9.98. The van der Waals surface area contributed by atoms with Crippen LogP contribution in [0.2, 0.25) is 0 Å². The Balaban J connectivity index is 1.62. The van der Waals surface area contributed by atoms with Gasteiger partial charge in [0.1, 0.15) is 0 Å². The third-order valence-electron chi connectivity index (χ3n) is 4.18. The summed E-state index contributed by atoms with van der Waals surface area (Å²) in [4.78, 5) is 0. The van der Waals surface area contributed by atoms with E-state index in [1.165, 1.54) is 0 Å². The molecule has 0 saturated heterocycles. The number of hydrogen-bond donors (Lipinski definition) is 3. The second-order valence-electron chi connectivity index (χ2n) is 6.10. The summed E-state index contributed by atoms with van der Waals surface area (Å²) in [6.45, 7) is 3.28. The summed E-state index contributed by atoms with van der Waals surface area (Å²) in [5, 5.41) is 23.3. The van der Waals surface area contributed by atoms with E-state index in [0.29, 0.717) is 19.7 Å². The zero-order valence-electron chi connectivity index (χ0n) is 12.8. The van der Waals surface area contributed by atoms with E-state index in [4.69, 9.17) is 4.74 Å². The molecule has 0 spiro atoms. The molecule has 0 aromatic heterocycles. The van der Waals surface area contributed by atoms with E-state index in [9.17, 15) is 10.2 Å². The zero-order valence-corrected chi connectivity index (χ0v) is 12.8. The molecule has 0 heterocycles. The molecule has 1 aliphatic rings. The summed E-state index contributed by atoms with van der Waals surface area (Å²) in [5.74, 6) is 0. The van der Waals surface area contributed by atoms with Crippen molar-refractivity contribution in [2.24, 2.45) is 0 Å². The van der Waals surface area contributed by atoms with Crippen LogP contribution in [0, 0.1) is 0 Å². The van der Waals surface area contributed by atoms with Gasteiger partial charge in [0.05, 0.1) is 24.4 Å². The molecule has 0 amide bonds. The van der Waals surface area contributed by atoms with Gasteiger partial charge in [0.25, 0.3) is 0 Å². The van der Waals surface area contributed by atoms with Gasteiger partial charge >= 0.3 is 0 Å². The lowest BCUT2D eigenvalue weighted by Crippen LogP contribution is -2.41. The number of rotatable bonds is 8. The highest BCUT2D eigenvalue weighted by Gasteiger charge is 2.30. The lowest BCUT2D eigenvalue weighted by molar-refractivity contribution is -0.00635. The molecule has 118 valence electrons. The highest BCUT2D eigenvalue weighted by molar-refractivity contribution is 5.16. The van der Waals surface area contributed by atoms with Gasteiger partial charge in [0, 0.05) is 13.1 Å². The molecule has 0 aliphatic heterocycles. The Kier molecular flexibility index (Phi) is 6.18. The Bertz CT molecular complexity index is 404. The lowest BCUT2D eigenvalue weighted by Gasteiger charge is -2.23. The van der Waals surface area contributed by atoms with Crippen molar-refractivity contribution >= 4 is 0 Å². The number of nitrogens with one attached hydrogen (secondary N) is 1. The van der Waals surface area contributed by atoms with Gasteiger partial charge in [-0.25, -0.2) is 0 Å². The molecule has 3 N–H and O–H groups in total. The van der Waals surface area contributed by atoms with E-state index >= 15 is 0 Å². The molecule has 1 aromatic rings. The monoisotopic (exact) mass is 293 g/mol. The first-order valence-electron chi connectivity index (χ1n) is 7.87. The minimum atomic E-state index is -0.572. The highest BCUT2D eigenvalue weighted by atomic mass is 16.5. The third kappa shape index (κ3) is 5.40. The second-order valence-corrected chi connectivity index (χ2v) is 6.10. The maximum absolute atomic E-state index is 10.2. The molecular formula is C17H27NO3. The van der Waals surface area contributed by atoms with Gasteiger partial charge in [-0.3, -0.25) is 0 Å². The van der Waals surface area contributed by atoms with Gasteiger partial charge in [-0.05, 0) is 25.3 Å². The molecule has 4 heteroatoms. The molecule has 4 nitrogen and oxygen atoms in total. The topological polar surface area (TPSA) is 61.7 Å². The summed E-state index contributed by atoms with van der Waals surface area (Å²) >= 11 is 0. The first kappa shape index (κ1) is 16.4. The fourth-order valence-electron chi connectivity index (χ4n) is 2.82. The molecule has 1 fully saturated rings. The Labute approximate surface area is 127 Å². The average molecular weight is 293 g/mol. The van der Waals surface area contributed by atoms with Crippen molar-refractivity contribution in [1.29, 1.82) is 0 Å². The van der Waals surface area contributed by atoms with Gasteiger partial charge in [-0.1, -0.05) is 43.2 Å². The summed E-state index contributed by atoms with van der Waals surface area (Å²) in [6.07, 6.45) is 3.33. The van der Waals surface area contributed by atoms with E-state index in [2.05, 4.69) is 5.32 Å². The van der Waals surface area contributed by atoms with Crippen molar-refractivity contribution < 1.29 is 14.9 Å². The van der Waals surface area contributed by atoms with Crippen molar-refractivity contribution in [1.82, 2.24) is 5.32 Å². The third-order valence-corrected chi connectivity index (χ3v) is 4.18. The average Bonchev–Trinajstić information content (AvgIpc) is 2.92. The second kappa shape index (κ2) is 7.90. The van der Waals surface area contributed by atoms with Crippen LogP contribution in [0.5, 0.6) is 0 Å². The maximum Gasteiger partial charge on any atom is 0.0898 e. The van der Waals surface area contributed by atoms with E-state index in [1.807, 2.05) is 37.3 Å². The standard InChI is InChI=1S/C17H27NO3/c1-14(15-7-3-2-4-8-15)21-12-16(19)11-18-13-17(20)9-5-6-10-17/h2-4,7-8,14,16,18-20H,5-6,9-13H2,1H3. The summed E-state index contributed by atoms with van der Waals surface area (Å²) < 4.78 is 5.68. The van der Waals surface area contributed by atoms with Gasteiger partial charge in [0.15, 0.2) is 0 Å². The molecule has 2 rings (SSSR count). The van der Waals surface area contributed by atoms with E-state index in [1.54, 1.807) is 0 Å². The van der Waals surface area contributed by atoms with Gasteiger partial charge in [-0.2, -0.15) is 0 Å². The Morgan fingerprint density at radius 2 is 1.90 bits per heavy atom. The van der Waals surface area contributed by atoms with Crippen molar-refractivity contribution in [3.05, 3.63) is 35.9 Å². The molecule has 1 aliphatic carbocycles. The molecule has 2 unspecified atom stereocenters. The number of aliphatic hydroxyl groups excluding tert-OH is 1. The smallest absolute Gasteiger partial charge is 0.0898 e. The van der Waals surface area contributed by atoms with E-state index in [-0.39, 0.29) is 6.10 Å². The number of aliphatic hydroxyl groups is 2. The van der Waals surface area contributed by atoms with Crippen LogP contribution in [-0.2, 0) is 4.74 Å². The van der Waals surface area contributed by atoms with Crippen molar-refractivity contribution in [3.8, 4) is 0 Å². The van der Waals surface area contributed by atoms with Crippen LogP contribution in [0.3, 0.4) is 0 Å². The minimum absolute atomic E-state index is 0.0279. The Hall–Kier alpha value is -0.940. The number of benzene rings is 1. The van der Waals surface area contributed by atoms with Gasteiger partial charge in [0.2, 0.25) is 0 Å². The first-order valence-corrected chi connectivity index (χ1v) is 7.87. The van der Waals surface area contributed by atoms with Crippen LogP contribution >= 0.6 is 0 Å². The minimum Gasteiger partial charge on any atom is -0.389 e. The fourth-order valence-corrected chi connectivity index (χ4v) is 2.82. The van der Waals surface area contributed by atoms with Gasteiger partial charge < -0.3 is 20.3 Å². The molecule has 1 saturated carbocycles. The molecule has 0 bridgehead atoms. The fraction of sp³-hybridized carbons (Fsp3) is 0.647. The van der Waals surface area contributed by atoms with Gasteiger partial charge in [-0.15, -0.1) is 0 Å². The van der Waals surface area contributed by atoms with Crippen LogP contribution in [0.15, 0.2) is 30.3 Å². The quantitative estimate of drug-likeness (QED) is 0.686. The van der Waals surface area contributed by atoms with Crippen LogP contribution < -0.4 is 5.32 Å². The molecule has 1 aromatic carbocycles. The molecular weight excluding hydrogens is 266 g/mol. The maximum atomic E-state index is 10.2. The van der Waals surface area contributed by atoms with Crippen molar-refractivity contribution in [3.63, 3.8) is 0 Å². The van der Waals surface area contributed by atoms with Crippen LogP contribution in [-0.4, -0.2) is 41.6 Å². The predicted octanol–water partition coefficient (Wildman–Crippen LogP) is 2.02. The number of ether oxygens (including phenoxy) is 1. The van der Waals surface area contributed by atoms with Crippen molar-refractivity contribution in [2.45, 2.75) is 50.4 Å². The highest BCUT2D eigenvalue weighted by Crippen LogP contribution is 2.28. The van der Waals surface area contributed by atoms with E-state index in [0.717, 1.165) is 31.2 Å². The summed E-state index contributed by atoms with van der Waals surface area (Å²) in [5.41, 5.74) is 0.538. The van der Waals surface area contributed by atoms with Crippen LogP contribution in [0.4, 0.5) is 0 Å². The molecule has 0 radical (unpaired) electrons. The molecule has 21 heavy (non-hydrogen) atoms. The van der Waals surface area contributed by atoms with E-state index < -0.39 is 11.7 Å². The zero-order chi connectivity index (χ0) is 15.1. The normalized spacial score (nSPS) is 20.3. The SMILES string of the molecule is CC(OCC(O)CNCC1(O)CCCC1)c1ccccc1. The van der Waals surface area contributed by atoms with Crippen molar-refractivity contribution in [2.75, 3.05) is 19.7 Å². The summed E-state index contributed by atoms with van der Waals surface area (Å²) in [7, 11) is 0. The Morgan fingerprint density at radius 3 is 2.57 bits per heavy atom. The largest absolute Gasteiger partial charge is 0.389 e. The first-order chi connectivity index (χ1) is 10.1. The van der Waals surface area contributed by atoms with Crippen LogP contribution in [0.25, 0.3) is 0 Å².